The molecule has 0 saturated heterocycles. The number of hydrogen-bond donors (Lipinski definition) is 1. The zero-order valence-electron chi connectivity index (χ0n) is 14.8. The van der Waals surface area contributed by atoms with E-state index in [4.69, 9.17) is 0 Å². The van der Waals surface area contributed by atoms with Crippen LogP contribution in [-0.2, 0) is 13.1 Å². The number of aliphatic hydroxyl groups is 1. The van der Waals surface area contributed by atoms with Gasteiger partial charge in [0.05, 0.1) is 30.7 Å². The summed E-state index contributed by atoms with van der Waals surface area (Å²) in [6.45, 7) is 2.10. The number of carbonyl (C=O) groups is 1. The highest BCUT2D eigenvalue weighted by Crippen LogP contribution is 2.20. The Bertz CT molecular complexity index is 946. The van der Waals surface area contributed by atoms with Gasteiger partial charge in [0.25, 0.3) is 5.91 Å². The summed E-state index contributed by atoms with van der Waals surface area (Å²) in [5, 5.41) is 19.0. The molecule has 0 bridgehead atoms. The van der Waals surface area contributed by atoms with E-state index in [1.165, 1.54) is 0 Å². The average molecular weight is 355 g/mol. The van der Waals surface area contributed by atoms with Crippen molar-refractivity contribution in [2.24, 2.45) is 0 Å². The lowest BCUT2D eigenvalue weighted by Gasteiger charge is -2.27. The first-order chi connectivity index (χ1) is 12.5. The maximum Gasteiger partial charge on any atom is 0.274 e. The highest BCUT2D eigenvalue weighted by Gasteiger charge is 2.26. The van der Waals surface area contributed by atoms with Gasteiger partial charge in [0.15, 0.2) is 11.3 Å². The Labute approximate surface area is 150 Å². The first kappa shape index (κ1) is 16.7. The van der Waals surface area contributed by atoms with Crippen molar-refractivity contribution < 1.29 is 9.90 Å². The molecule has 4 heterocycles. The lowest BCUT2D eigenvalue weighted by Crippen LogP contribution is -2.39. The Morgan fingerprint density at radius 1 is 1.38 bits per heavy atom. The number of nitrogens with zero attached hydrogens (tertiary/aromatic N) is 7. The van der Waals surface area contributed by atoms with Crippen molar-refractivity contribution in [3.05, 3.63) is 47.7 Å². The minimum absolute atomic E-state index is 0.112. The van der Waals surface area contributed by atoms with Crippen LogP contribution in [0.25, 0.3) is 5.65 Å². The fourth-order valence-electron chi connectivity index (χ4n) is 3.20. The van der Waals surface area contributed by atoms with Gasteiger partial charge in [0.1, 0.15) is 6.10 Å². The molecule has 1 atom stereocenters. The third kappa shape index (κ3) is 2.95. The van der Waals surface area contributed by atoms with Crippen LogP contribution in [-0.4, -0.2) is 72.4 Å². The standard InChI is InChI=1S/C17H21N7O2/c1-21(2)11-15(25)13-8-12-10-22(6-7-23(12)20-13)17(26)14-9-18-16-4-3-5-19-24(14)16/h3-5,8-9,15,25H,6-7,10-11H2,1-2H3. The first-order valence-corrected chi connectivity index (χ1v) is 8.50. The van der Waals surface area contributed by atoms with Crippen molar-refractivity contribution in [1.82, 2.24) is 34.2 Å². The minimum atomic E-state index is -0.643. The SMILES string of the molecule is CN(C)CC(O)c1cc2n(n1)CCN(C(=O)c1cnc3cccnn13)C2. The van der Waals surface area contributed by atoms with Gasteiger partial charge >= 0.3 is 0 Å². The maximum absolute atomic E-state index is 12.9. The van der Waals surface area contributed by atoms with Gasteiger partial charge in [0.2, 0.25) is 0 Å². The van der Waals surface area contributed by atoms with Crippen molar-refractivity contribution in [2.75, 3.05) is 27.2 Å². The number of amides is 1. The van der Waals surface area contributed by atoms with E-state index < -0.39 is 6.10 Å². The van der Waals surface area contributed by atoms with Crippen molar-refractivity contribution in [1.29, 1.82) is 0 Å². The van der Waals surface area contributed by atoms with Gasteiger partial charge in [-0.3, -0.25) is 9.48 Å². The molecule has 4 rings (SSSR count). The molecule has 0 saturated carbocycles. The van der Waals surface area contributed by atoms with Gasteiger partial charge in [-0.05, 0) is 32.3 Å². The number of aromatic nitrogens is 5. The summed E-state index contributed by atoms with van der Waals surface area (Å²) >= 11 is 0. The van der Waals surface area contributed by atoms with Crippen LogP contribution in [0, 0.1) is 0 Å². The van der Waals surface area contributed by atoms with Crippen molar-refractivity contribution in [3.8, 4) is 0 Å². The largest absolute Gasteiger partial charge is 0.385 e. The quantitative estimate of drug-likeness (QED) is 0.718. The van der Waals surface area contributed by atoms with Crippen LogP contribution in [0.1, 0.15) is 28.0 Å². The molecule has 0 aliphatic carbocycles. The van der Waals surface area contributed by atoms with E-state index in [1.807, 2.05) is 35.8 Å². The molecule has 9 heteroatoms. The van der Waals surface area contributed by atoms with Crippen LogP contribution in [0.2, 0.25) is 0 Å². The molecule has 1 unspecified atom stereocenters. The van der Waals surface area contributed by atoms with Crippen LogP contribution >= 0.6 is 0 Å². The predicted molar refractivity (Wildman–Crippen MR) is 93.5 cm³/mol. The maximum atomic E-state index is 12.9. The molecule has 26 heavy (non-hydrogen) atoms. The second-order valence-electron chi connectivity index (χ2n) is 6.73. The van der Waals surface area contributed by atoms with E-state index in [-0.39, 0.29) is 5.91 Å². The summed E-state index contributed by atoms with van der Waals surface area (Å²) in [5.74, 6) is -0.112. The molecule has 3 aromatic heterocycles. The van der Waals surface area contributed by atoms with E-state index in [0.717, 1.165) is 5.69 Å². The van der Waals surface area contributed by atoms with Gasteiger partial charge in [-0.1, -0.05) is 0 Å². The lowest BCUT2D eigenvalue weighted by atomic mass is 10.2. The lowest BCUT2D eigenvalue weighted by molar-refractivity contribution is 0.0697. The molecule has 1 aliphatic rings. The second kappa shape index (κ2) is 6.50. The summed E-state index contributed by atoms with van der Waals surface area (Å²) < 4.78 is 3.42. The molecule has 0 spiro atoms. The molecule has 9 nitrogen and oxygen atoms in total. The van der Waals surface area contributed by atoms with Gasteiger partial charge in [0, 0.05) is 19.3 Å². The zero-order chi connectivity index (χ0) is 18.3. The number of imidazole rings is 1. The summed E-state index contributed by atoms with van der Waals surface area (Å²) in [4.78, 5) is 20.8. The molecule has 0 aromatic carbocycles. The fraction of sp³-hybridized carbons (Fsp3) is 0.412. The second-order valence-corrected chi connectivity index (χ2v) is 6.73. The van der Waals surface area contributed by atoms with E-state index in [1.54, 1.807) is 27.9 Å². The molecule has 1 N–H and O–H groups in total. The van der Waals surface area contributed by atoms with E-state index in [0.29, 0.717) is 43.2 Å². The fourth-order valence-corrected chi connectivity index (χ4v) is 3.20. The number of likely N-dealkylation sites (N-methyl/N-ethyl adjacent to an activating group) is 1. The Balaban J connectivity index is 1.55. The Hall–Kier alpha value is -2.78. The normalized spacial score (nSPS) is 15.5. The molecule has 3 aromatic rings. The predicted octanol–water partition coefficient (Wildman–Crippen LogP) is 0.177. The van der Waals surface area contributed by atoms with Gasteiger partial charge < -0.3 is 14.9 Å². The third-order valence-corrected chi connectivity index (χ3v) is 4.48. The number of carbonyl (C=O) groups excluding carboxylic acids is 1. The summed E-state index contributed by atoms with van der Waals surface area (Å²) in [6.07, 6.45) is 2.55. The van der Waals surface area contributed by atoms with Gasteiger partial charge in [-0.25, -0.2) is 9.50 Å². The number of rotatable bonds is 4. The average Bonchev–Trinajstić information content (AvgIpc) is 3.24. The van der Waals surface area contributed by atoms with Crippen LogP contribution in [0.3, 0.4) is 0 Å². The van der Waals surface area contributed by atoms with E-state index >= 15 is 0 Å². The number of aliphatic hydroxyl groups excluding tert-OH is 1. The number of hydrogen-bond acceptors (Lipinski definition) is 6. The van der Waals surface area contributed by atoms with Crippen LogP contribution < -0.4 is 0 Å². The molecule has 0 radical (unpaired) electrons. The summed E-state index contributed by atoms with van der Waals surface area (Å²) in [6, 6.07) is 5.48. The van der Waals surface area contributed by atoms with Crippen LogP contribution in [0.4, 0.5) is 0 Å². The Morgan fingerprint density at radius 3 is 3.04 bits per heavy atom. The van der Waals surface area contributed by atoms with E-state index in [2.05, 4.69) is 15.2 Å². The molecule has 136 valence electrons. The zero-order valence-corrected chi connectivity index (χ0v) is 14.8. The number of fused-ring (bicyclic) bond motifs is 2. The molecular weight excluding hydrogens is 334 g/mol. The first-order valence-electron chi connectivity index (χ1n) is 8.50. The highest BCUT2D eigenvalue weighted by atomic mass is 16.3. The molecular formula is C17H21N7O2. The van der Waals surface area contributed by atoms with Crippen LogP contribution in [0.15, 0.2) is 30.6 Å². The topological polar surface area (TPSA) is 91.8 Å². The van der Waals surface area contributed by atoms with Crippen LogP contribution in [0.5, 0.6) is 0 Å². The van der Waals surface area contributed by atoms with Gasteiger partial charge in [-0.2, -0.15) is 10.2 Å². The Morgan fingerprint density at radius 2 is 2.23 bits per heavy atom. The van der Waals surface area contributed by atoms with E-state index in [9.17, 15) is 9.90 Å². The highest BCUT2D eigenvalue weighted by molar-refractivity contribution is 5.93. The molecule has 1 amide bonds. The molecule has 0 fully saturated rings. The smallest absolute Gasteiger partial charge is 0.274 e. The Kier molecular flexibility index (Phi) is 4.17. The summed E-state index contributed by atoms with van der Waals surface area (Å²) in [7, 11) is 3.81. The van der Waals surface area contributed by atoms with Gasteiger partial charge in [-0.15, -0.1) is 0 Å². The molecule has 1 aliphatic heterocycles. The van der Waals surface area contributed by atoms with Crippen molar-refractivity contribution in [2.45, 2.75) is 19.2 Å². The van der Waals surface area contributed by atoms with Crippen molar-refractivity contribution in [3.63, 3.8) is 0 Å². The third-order valence-electron chi connectivity index (χ3n) is 4.48. The minimum Gasteiger partial charge on any atom is -0.385 e. The summed E-state index contributed by atoms with van der Waals surface area (Å²) in [5.41, 5.74) is 2.65. The monoisotopic (exact) mass is 355 g/mol. The van der Waals surface area contributed by atoms with Crippen molar-refractivity contribution >= 4 is 11.6 Å².